The summed E-state index contributed by atoms with van der Waals surface area (Å²) in [5.41, 5.74) is -0.962. The fourth-order valence-corrected chi connectivity index (χ4v) is 3.37. The summed E-state index contributed by atoms with van der Waals surface area (Å²) in [6, 6.07) is 1.29. The second-order valence-electron chi connectivity index (χ2n) is 8.27. The van der Waals surface area contributed by atoms with Gasteiger partial charge in [-0.3, -0.25) is 9.78 Å². The van der Waals surface area contributed by atoms with Gasteiger partial charge in [-0.1, -0.05) is 13.8 Å². The number of carboxylic acids is 1. The molecular weight excluding hydrogens is 426 g/mol. The lowest BCUT2D eigenvalue weighted by Gasteiger charge is -2.39. The number of aliphatic hydroxyl groups is 4. The predicted octanol–water partition coefficient (Wildman–Crippen LogP) is -1.61. The van der Waals surface area contributed by atoms with E-state index in [4.69, 9.17) is 9.47 Å². The van der Waals surface area contributed by atoms with Crippen LogP contribution in [-0.4, -0.2) is 91.1 Å². The van der Waals surface area contributed by atoms with E-state index in [0.29, 0.717) is 5.56 Å². The second kappa shape index (κ2) is 9.17. The largest absolute Gasteiger partial charge is 0.478 e. The number of aliphatic imine (C=N–C) groups is 1. The number of hydrogen-bond donors (Lipinski definition) is 6. The SMILES string of the molecule is CC(C)C1(C)N=C(c2ncc(CO[C@@H]3O[C@H](CO)[C@@H](O)[C@H](O)[C@H]3O)cc2C(=O)O)NC1=O. The maximum Gasteiger partial charge on any atom is 0.338 e. The number of nitrogens with zero attached hydrogens (tertiary/aromatic N) is 2. The molecule has 1 aromatic heterocycles. The van der Waals surface area contributed by atoms with Crippen LogP contribution in [0, 0.1) is 5.92 Å². The Morgan fingerprint density at radius 3 is 2.53 bits per heavy atom. The number of carbonyl (C=O) groups is 2. The van der Waals surface area contributed by atoms with Gasteiger partial charge in [0.05, 0.1) is 18.8 Å². The molecule has 3 rings (SSSR count). The van der Waals surface area contributed by atoms with Crippen LogP contribution in [0.1, 0.15) is 42.4 Å². The van der Waals surface area contributed by atoms with Gasteiger partial charge in [0, 0.05) is 6.20 Å². The minimum absolute atomic E-state index is 0.00758. The molecular formula is C20H27N3O9. The third-order valence-corrected chi connectivity index (χ3v) is 5.82. The molecule has 1 saturated heterocycles. The molecule has 0 spiro atoms. The molecule has 1 fully saturated rings. The maximum atomic E-state index is 12.4. The molecule has 176 valence electrons. The topological polar surface area (TPSA) is 191 Å². The molecule has 6 atom stereocenters. The molecule has 0 bridgehead atoms. The van der Waals surface area contributed by atoms with E-state index in [1.54, 1.807) is 6.92 Å². The van der Waals surface area contributed by atoms with Gasteiger partial charge < -0.3 is 40.3 Å². The number of aromatic nitrogens is 1. The Morgan fingerprint density at radius 2 is 1.97 bits per heavy atom. The Morgan fingerprint density at radius 1 is 1.28 bits per heavy atom. The van der Waals surface area contributed by atoms with Crippen molar-refractivity contribution in [2.24, 2.45) is 10.9 Å². The van der Waals surface area contributed by atoms with Gasteiger partial charge in [0.2, 0.25) is 0 Å². The van der Waals surface area contributed by atoms with Crippen molar-refractivity contribution in [3.8, 4) is 0 Å². The van der Waals surface area contributed by atoms with Gasteiger partial charge in [0.15, 0.2) is 12.1 Å². The molecule has 32 heavy (non-hydrogen) atoms. The molecule has 1 amide bonds. The highest BCUT2D eigenvalue weighted by molar-refractivity contribution is 6.17. The lowest BCUT2D eigenvalue weighted by Crippen LogP contribution is -2.59. The first-order chi connectivity index (χ1) is 15.0. The van der Waals surface area contributed by atoms with Gasteiger partial charge in [-0.15, -0.1) is 0 Å². The van der Waals surface area contributed by atoms with Crippen molar-refractivity contribution in [2.45, 2.75) is 63.6 Å². The Hall–Kier alpha value is -2.48. The standard InChI is InChI=1S/C20H27N3O9/c1-8(2)20(3)19(30)22-16(23-20)12-10(17(28)29)4-9(5-21-12)7-31-18-15(27)14(26)13(25)11(6-24)32-18/h4-5,8,11,13-15,18,24-27H,6-7H2,1-3H3,(H,28,29)(H,22,23,30)/t11-,13-,14+,15-,18-,20?/m1/s1. The highest BCUT2D eigenvalue weighted by atomic mass is 16.7. The van der Waals surface area contributed by atoms with Crippen LogP contribution in [-0.2, 0) is 20.9 Å². The number of ether oxygens (including phenoxy) is 2. The number of hydrogen-bond acceptors (Lipinski definition) is 10. The minimum atomic E-state index is -1.60. The van der Waals surface area contributed by atoms with Crippen LogP contribution in [0.3, 0.4) is 0 Å². The van der Waals surface area contributed by atoms with Crippen molar-refractivity contribution in [3.63, 3.8) is 0 Å². The highest BCUT2D eigenvalue weighted by Crippen LogP contribution is 2.28. The van der Waals surface area contributed by atoms with Crippen molar-refractivity contribution in [1.82, 2.24) is 10.3 Å². The lowest BCUT2D eigenvalue weighted by molar-refractivity contribution is -0.304. The average Bonchev–Trinajstić information content (AvgIpc) is 3.07. The van der Waals surface area contributed by atoms with E-state index in [1.165, 1.54) is 12.3 Å². The van der Waals surface area contributed by atoms with Gasteiger partial charge in [-0.2, -0.15) is 0 Å². The number of carbonyl (C=O) groups excluding carboxylic acids is 1. The summed E-state index contributed by atoms with van der Waals surface area (Å²) in [4.78, 5) is 32.7. The number of aliphatic hydroxyl groups excluding tert-OH is 4. The molecule has 3 heterocycles. The lowest BCUT2D eigenvalue weighted by atomic mass is 9.89. The third kappa shape index (κ3) is 4.37. The van der Waals surface area contributed by atoms with Crippen LogP contribution in [0.5, 0.6) is 0 Å². The fraction of sp³-hybridized carbons (Fsp3) is 0.600. The third-order valence-electron chi connectivity index (χ3n) is 5.82. The first kappa shape index (κ1) is 24.2. The molecule has 1 aromatic rings. The number of amidine groups is 1. The van der Waals surface area contributed by atoms with Crippen LogP contribution in [0.25, 0.3) is 0 Å². The highest BCUT2D eigenvalue weighted by Gasteiger charge is 2.44. The van der Waals surface area contributed by atoms with Crippen molar-refractivity contribution >= 4 is 17.7 Å². The fourth-order valence-electron chi connectivity index (χ4n) is 3.37. The second-order valence-corrected chi connectivity index (χ2v) is 8.27. The van der Waals surface area contributed by atoms with E-state index in [2.05, 4.69) is 15.3 Å². The normalized spacial score (nSPS) is 32.7. The first-order valence-electron chi connectivity index (χ1n) is 10.1. The molecule has 0 aromatic carbocycles. The molecule has 2 aliphatic heterocycles. The number of carboxylic acid groups (broad SMARTS) is 1. The van der Waals surface area contributed by atoms with Crippen LogP contribution in [0.15, 0.2) is 17.3 Å². The molecule has 0 saturated carbocycles. The summed E-state index contributed by atoms with van der Waals surface area (Å²) in [5, 5.41) is 51.2. The smallest absolute Gasteiger partial charge is 0.338 e. The summed E-state index contributed by atoms with van der Waals surface area (Å²) in [7, 11) is 0. The van der Waals surface area contributed by atoms with Crippen molar-refractivity contribution in [2.75, 3.05) is 6.61 Å². The zero-order chi connectivity index (χ0) is 23.8. The molecule has 1 unspecified atom stereocenters. The molecule has 12 heteroatoms. The van der Waals surface area contributed by atoms with E-state index in [0.717, 1.165) is 0 Å². The van der Waals surface area contributed by atoms with Crippen molar-refractivity contribution in [1.29, 1.82) is 0 Å². The number of nitrogens with one attached hydrogen (secondary N) is 1. The van der Waals surface area contributed by atoms with E-state index in [1.807, 2.05) is 13.8 Å². The zero-order valence-electron chi connectivity index (χ0n) is 17.8. The van der Waals surface area contributed by atoms with Crippen LogP contribution >= 0.6 is 0 Å². The summed E-state index contributed by atoms with van der Waals surface area (Å²) < 4.78 is 10.7. The first-order valence-corrected chi connectivity index (χ1v) is 10.1. The molecule has 6 N–H and O–H groups in total. The Balaban J connectivity index is 1.80. The number of pyridine rings is 1. The average molecular weight is 453 g/mol. The Labute approximate surface area is 183 Å². The molecule has 0 aliphatic carbocycles. The van der Waals surface area contributed by atoms with Gasteiger partial charge >= 0.3 is 5.97 Å². The Kier molecular flexibility index (Phi) is 6.93. The number of aromatic carboxylic acids is 1. The minimum Gasteiger partial charge on any atom is -0.478 e. The van der Waals surface area contributed by atoms with Crippen molar-refractivity contribution < 1.29 is 44.6 Å². The van der Waals surface area contributed by atoms with Gasteiger partial charge in [0.25, 0.3) is 5.91 Å². The van der Waals surface area contributed by atoms with Gasteiger partial charge in [0.1, 0.15) is 35.6 Å². The molecule has 0 radical (unpaired) electrons. The van der Waals surface area contributed by atoms with E-state index >= 15 is 0 Å². The Bertz CT molecular complexity index is 920. The molecule has 12 nitrogen and oxygen atoms in total. The maximum absolute atomic E-state index is 12.4. The number of amides is 1. The van der Waals surface area contributed by atoms with Gasteiger partial charge in [-0.05, 0) is 24.5 Å². The summed E-state index contributed by atoms with van der Waals surface area (Å²) in [5.74, 6) is -1.71. The summed E-state index contributed by atoms with van der Waals surface area (Å²) in [6.45, 7) is 4.46. The predicted molar refractivity (Wildman–Crippen MR) is 108 cm³/mol. The van der Waals surface area contributed by atoms with Gasteiger partial charge in [-0.25, -0.2) is 9.79 Å². The summed E-state index contributed by atoms with van der Waals surface area (Å²) in [6.07, 6.45) is -5.88. The van der Waals surface area contributed by atoms with Crippen molar-refractivity contribution in [3.05, 3.63) is 29.1 Å². The van der Waals surface area contributed by atoms with E-state index in [-0.39, 0.29) is 35.5 Å². The van der Waals surface area contributed by atoms with Crippen LogP contribution < -0.4 is 5.32 Å². The molecule has 2 aliphatic rings. The van der Waals surface area contributed by atoms with Crippen LogP contribution in [0.4, 0.5) is 0 Å². The quantitative estimate of drug-likeness (QED) is 0.280. The monoisotopic (exact) mass is 453 g/mol. The van der Waals surface area contributed by atoms with E-state index < -0.39 is 48.8 Å². The van der Waals surface area contributed by atoms with E-state index in [9.17, 15) is 35.1 Å². The summed E-state index contributed by atoms with van der Waals surface area (Å²) >= 11 is 0. The zero-order valence-corrected chi connectivity index (χ0v) is 17.8. The van der Waals surface area contributed by atoms with Crippen LogP contribution in [0.2, 0.25) is 0 Å². The number of rotatable bonds is 7.